The van der Waals surface area contributed by atoms with Crippen LogP contribution in [0.2, 0.25) is 0 Å². The van der Waals surface area contributed by atoms with Gasteiger partial charge in [-0.2, -0.15) is 0 Å². The van der Waals surface area contributed by atoms with Crippen LogP contribution in [0.3, 0.4) is 0 Å². The number of aliphatic hydroxyl groups is 2. The highest BCUT2D eigenvalue weighted by Crippen LogP contribution is 2.67. The van der Waals surface area contributed by atoms with Crippen LogP contribution in [0.4, 0.5) is 0 Å². The molecule has 4 N–H and O–H groups in total. The van der Waals surface area contributed by atoms with E-state index in [2.05, 4.69) is 12.2 Å². The molecule has 1 amide bonds. The number of ether oxygens (including phenoxy) is 2. The largest absolute Gasteiger partial charge is 0.481 e. The summed E-state index contributed by atoms with van der Waals surface area (Å²) in [4.78, 5) is 62.5. The van der Waals surface area contributed by atoms with E-state index in [1.165, 1.54) is 0 Å². The maximum Gasteiger partial charge on any atom is 0.306 e. The predicted molar refractivity (Wildman–Crippen MR) is 165 cm³/mol. The molecule has 11 heteroatoms. The lowest BCUT2D eigenvalue weighted by Gasteiger charge is -2.60. The zero-order valence-corrected chi connectivity index (χ0v) is 27.6. The highest BCUT2D eigenvalue weighted by Gasteiger charge is 2.68. The zero-order chi connectivity index (χ0) is 33.7. The lowest BCUT2D eigenvalue weighted by atomic mass is 9.45. The number of aliphatic hydroxyl groups excluding tert-OH is 1. The van der Waals surface area contributed by atoms with Gasteiger partial charge in [-0.25, -0.2) is 0 Å². The van der Waals surface area contributed by atoms with Crippen LogP contribution >= 0.6 is 0 Å². The predicted octanol–water partition coefficient (Wildman–Crippen LogP) is 3.28. The van der Waals surface area contributed by atoms with Gasteiger partial charge in [0.1, 0.15) is 5.60 Å². The summed E-state index contributed by atoms with van der Waals surface area (Å²) in [5, 5.41) is 35.6. The summed E-state index contributed by atoms with van der Waals surface area (Å²) >= 11 is 0. The van der Waals surface area contributed by atoms with E-state index in [9.17, 15) is 39.3 Å². The van der Waals surface area contributed by atoms with Gasteiger partial charge in [-0.1, -0.05) is 19.4 Å². The Labute approximate surface area is 270 Å². The molecule has 9 atom stereocenters. The van der Waals surface area contributed by atoms with E-state index < -0.39 is 59.0 Å². The Bertz CT molecular complexity index is 1290. The molecule has 4 fully saturated rings. The standard InChI is InChI=1S/C35H51NO10/c1-32(2)17-20(11-14-46-32)25(16-29(41)42)36-28(40)7-8-30(43)45-19-27(39)35(44)13-10-24-23-6-5-21-15-22(37)9-12-33(21,3)31(23)26(38)18-34(24,35)4/h15,20,23-26,31,38,44H,5-14,16-19H2,1-4H3,(H,36,40)(H,41,42)/t20-,23+,24+,25+,26+,31-,33+,34+,35+/m1/s1. The van der Waals surface area contributed by atoms with Crippen LogP contribution in [0.5, 0.6) is 0 Å². The van der Waals surface area contributed by atoms with E-state index in [0.717, 1.165) is 18.4 Å². The van der Waals surface area contributed by atoms with Crippen molar-refractivity contribution in [1.29, 1.82) is 0 Å². The van der Waals surface area contributed by atoms with Gasteiger partial charge in [0.25, 0.3) is 0 Å². The topological polar surface area (TPSA) is 177 Å². The van der Waals surface area contributed by atoms with Crippen LogP contribution in [0, 0.1) is 34.5 Å². The van der Waals surface area contributed by atoms with Crippen LogP contribution in [-0.2, 0) is 33.4 Å². The number of carbonyl (C=O) groups is 5. The van der Waals surface area contributed by atoms with Crippen molar-refractivity contribution >= 4 is 29.4 Å². The summed E-state index contributed by atoms with van der Waals surface area (Å²) in [7, 11) is 0. The molecule has 0 unspecified atom stereocenters. The van der Waals surface area contributed by atoms with E-state index >= 15 is 0 Å². The molecule has 11 nitrogen and oxygen atoms in total. The average Bonchev–Trinajstić information content (AvgIpc) is 3.24. The van der Waals surface area contributed by atoms with Gasteiger partial charge in [0.2, 0.25) is 11.7 Å². The number of hydrogen-bond acceptors (Lipinski definition) is 9. The number of nitrogens with one attached hydrogen (secondary N) is 1. The number of aliphatic carboxylic acids is 1. The second kappa shape index (κ2) is 12.8. The lowest BCUT2D eigenvalue weighted by molar-refractivity contribution is -0.184. The summed E-state index contributed by atoms with van der Waals surface area (Å²) in [6.45, 7) is 7.72. The third-order valence-corrected chi connectivity index (χ3v) is 12.5. The Morgan fingerprint density at radius 1 is 1.04 bits per heavy atom. The maximum absolute atomic E-state index is 13.5. The molecule has 5 rings (SSSR count). The fraction of sp³-hybridized carbons (Fsp3) is 0.800. The van der Waals surface area contributed by atoms with E-state index in [1.807, 2.05) is 20.8 Å². The minimum atomic E-state index is -1.76. The van der Waals surface area contributed by atoms with Gasteiger partial charge in [-0.3, -0.25) is 24.0 Å². The summed E-state index contributed by atoms with van der Waals surface area (Å²) in [5.41, 5.74) is -2.24. The van der Waals surface area contributed by atoms with Crippen molar-refractivity contribution in [2.45, 2.75) is 128 Å². The Morgan fingerprint density at radius 2 is 1.78 bits per heavy atom. The number of Topliss-reactive ketones (excluding diaryl/α,β-unsaturated/α-hetero) is 1. The molecule has 1 saturated heterocycles. The Morgan fingerprint density at radius 3 is 2.48 bits per heavy atom. The number of carboxylic acid groups (broad SMARTS) is 1. The monoisotopic (exact) mass is 645 g/mol. The number of esters is 1. The summed E-state index contributed by atoms with van der Waals surface area (Å²) < 4.78 is 11.0. The first-order valence-electron chi connectivity index (χ1n) is 17.0. The molecule has 0 radical (unpaired) electrons. The number of amides is 1. The second-order valence-corrected chi connectivity index (χ2v) is 15.7. The van der Waals surface area contributed by atoms with Crippen LogP contribution in [0.1, 0.15) is 105 Å². The minimum Gasteiger partial charge on any atom is -0.481 e. The Hall–Kier alpha value is -2.63. The molecule has 1 heterocycles. The van der Waals surface area contributed by atoms with Gasteiger partial charge in [0, 0.05) is 30.9 Å². The number of carboxylic acids is 1. The van der Waals surface area contributed by atoms with Gasteiger partial charge < -0.3 is 30.1 Å². The molecule has 0 aromatic rings. The summed E-state index contributed by atoms with van der Waals surface area (Å²) in [5.74, 6) is -2.75. The highest BCUT2D eigenvalue weighted by atomic mass is 16.5. The first kappa shape index (κ1) is 34.7. The van der Waals surface area contributed by atoms with Crippen LogP contribution in [-0.4, -0.2) is 81.3 Å². The van der Waals surface area contributed by atoms with Gasteiger partial charge in [0.15, 0.2) is 12.4 Å². The highest BCUT2D eigenvalue weighted by molar-refractivity contribution is 5.92. The molecule has 1 aliphatic heterocycles. The fourth-order valence-electron chi connectivity index (χ4n) is 10.1. The van der Waals surface area contributed by atoms with Gasteiger partial charge in [0.05, 0.1) is 24.5 Å². The Kier molecular flexibility index (Phi) is 9.63. The van der Waals surface area contributed by atoms with Gasteiger partial charge in [-0.05, 0) is 100 Å². The van der Waals surface area contributed by atoms with Crippen molar-refractivity contribution in [3.05, 3.63) is 11.6 Å². The first-order valence-corrected chi connectivity index (χ1v) is 17.0. The molecule has 4 aliphatic carbocycles. The van der Waals surface area contributed by atoms with Gasteiger partial charge >= 0.3 is 11.9 Å². The van der Waals surface area contributed by atoms with E-state index in [4.69, 9.17) is 9.47 Å². The third kappa shape index (κ3) is 6.43. The fourth-order valence-corrected chi connectivity index (χ4v) is 10.1. The molecule has 0 aromatic carbocycles. The molecule has 256 valence electrons. The van der Waals surface area contributed by atoms with Crippen molar-refractivity contribution < 1.29 is 48.8 Å². The Balaban J connectivity index is 1.16. The number of rotatable bonds is 10. The quantitative estimate of drug-likeness (QED) is 0.258. The van der Waals surface area contributed by atoms with Crippen molar-refractivity contribution in [1.82, 2.24) is 5.32 Å². The number of ketones is 2. The van der Waals surface area contributed by atoms with Crippen LogP contribution in [0.15, 0.2) is 11.6 Å². The number of fused-ring (bicyclic) bond motifs is 5. The average molecular weight is 646 g/mol. The van der Waals surface area contributed by atoms with Crippen molar-refractivity contribution in [3.8, 4) is 0 Å². The summed E-state index contributed by atoms with van der Waals surface area (Å²) in [6, 6.07) is -0.600. The van der Waals surface area contributed by atoms with Crippen molar-refractivity contribution in [2.24, 2.45) is 34.5 Å². The number of allylic oxidation sites excluding steroid dienone is 1. The minimum absolute atomic E-state index is 0.00491. The van der Waals surface area contributed by atoms with Crippen molar-refractivity contribution in [3.63, 3.8) is 0 Å². The van der Waals surface area contributed by atoms with Crippen LogP contribution in [0.25, 0.3) is 0 Å². The molecular weight excluding hydrogens is 594 g/mol. The smallest absolute Gasteiger partial charge is 0.306 e. The molecule has 0 bridgehead atoms. The molecule has 0 aromatic heterocycles. The van der Waals surface area contributed by atoms with Crippen molar-refractivity contribution in [2.75, 3.05) is 13.2 Å². The maximum atomic E-state index is 13.5. The molecular formula is C35H51NO10. The van der Waals surface area contributed by atoms with Crippen LogP contribution < -0.4 is 5.32 Å². The number of hydrogen-bond donors (Lipinski definition) is 4. The molecule has 0 spiro atoms. The van der Waals surface area contributed by atoms with E-state index in [0.29, 0.717) is 38.7 Å². The van der Waals surface area contributed by atoms with Gasteiger partial charge in [-0.15, -0.1) is 0 Å². The zero-order valence-electron chi connectivity index (χ0n) is 27.6. The lowest BCUT2D eigenvalue weighted by Crippen LogP contribution is -2.62. The van der Waals surface area contributed by atoms with E-state index in [-0.39, 0.29) is 67.0 Å². The molecule has 3 saturated carbocycles. The molecule has 46 heavy (non-hydrogen) atoms. The second-order valence-electron chi connectivity index (χ2n) is 15.7. The first-order chi connectivity index (χ1) is 21.5. The number of carbonyl (C=O) groups excluding carboxylic acids is 4. The SMILES string of the molecule is CC1(C)C[C@H]([C@H](CC(=O)O)NC(=O)CCC(=O)OCC(=O)[C@@]2(O)CC[C@H]3[C@@H]4CCC5=CC(=O)CC[C@]5(C)[C@H]4[C@@H](O)C[C@@]32C)CCO1. The summed E-state index contributed by atoms with van der Waals surface area (Å²) in [6.07, 6.45) is 5.27. The van der Waals surface area contributed by atoms with E-state index in [1.54, 1.807) is 6.08 Å². The molecule has 5 aliphatic rings. The normalized spacial score (nSPS) is 38.8. The third-order valence-electron chi connectivity index (χ3n) is 12.5.